The molecule has 4 heteroatoms. The molecule has 0 saturated carbocycles. The summed E-state index contributed by atoms with van der Waals surface area (Å²) in [6.07, 6.45) is 4.06. The summed E-state index contributed by atoms with van der Waals surface area (Å²) in [5.41, 5.74) is 2.81. The van der Waals surface area contributed by atoms with Crippen molar-refractivity contribution in [3.63, 3.8) is 0 Å². The molecule has 1 N–H and O–H groups in total. The van der Waals surface area contributed by atoms with Gasteiger partial charge in [0.25, 0.3) is 5.91 Å². The van der Waals surface area contributed by atoms with E-state index < -0.39 is 0 Å². The average Bonchev–Trinajstić information content (AvgIpc) is 2.59. The summed E-state index contributed by atoms with van der Waals surface area (Å²) in [7, 11) is 0. The summed E-state index contributed by atoms with van der Waals surface area (Å²) in [4.78, 5) is 25.3. The number of nitrogens with one attached hydrogen (secondary N) is 1. The molecule has 134 valence electrons. The first-order valence-electron chi connectivity index (χ1n) is 9.07. The summed E-state index contributed by atoms with van der Waals surface area (Å²) < 4.78 is 5.70. The lowest BCUT2D eigenvalue weighted by atomic mass is 10.0. The number of hydrogen-bond acceptors (Lipinski definition) is 3. The van der Waals surface area contributed by atoms with Gasteiger partial charge in [0.15, 0.2) is 5.43 Å². The molecule has 1 aromatic heterocycles. The number of amides is 1. The van der Waals surface area contributed by atoms with Crippen LogP contribution >= 0.6 is 0 Å². The van der Waals surface area contributed by atoms with Crippen LogP contribution < -0.4 is 10.7 Å². The molecule has 1 amide bonds. The van der Waals surface area contributed by atoms with Crippen LogP contribution in [0.15, 0.2) is 33.5 Å². The van der Waals surface area contributed by atoms with Crippen molar-refractivity contribution in [2.75, 3.05) is 5.32 Å². The van der Waals surface area contributed by atoms with Crippen LogP contribution in [-0.4, -0.2) is 5.91 Å². The van der Waals surface area contributed by atoms with E-state index in [-0.39, 0.29) is 16.9 Å². The van der Waals surface area contributed by atoms with Crippen LogP contribution in [0.3, 0.4) is 0 Å². The molecule has 0 aliphatic rings. The smallest absolute Gasteiger partial charge is 0.263 e. The van der Waals surface area contributed by atoms with E-state index in [1.165, 1.54) is 6.07 Å². The summed E-state index contributed by atoms with van der Waals surface area (Å²) in [6.45, 7) is 7.91. The van der Waals surface area contributed by atoms with E-state index in [2.05, 4.69) is 26.1 Å². The van der Waals surface area contributed by atoms with Crippen molar-refractivity contribution in [1.29, 1.82) is 0 Å². The molecule has 0 atom stereocenters. The van der Waals surface area contributed by atoms with E-state index in [1.807, 2.05) is 18.2 Å². The molecule has 0 aliphatic heterocycles. The van der Waals surface area contributed by atoms with Gasteiger partial charge in [0.1, 0.15) is 17.1 Å². The molecule has 0 saturated heterocycles. The molecule has 0 aliphatic carbocycles. The van der Waals surface area contributed by atoms with Gasteiger partial charge in [-0.15, -0.1) is 0 Å². The largest absolute Gasteiger partial charge is 0.465 e. The van der Waals surface area contributed by atoms with Crippen LogP contribution in [-0.2, 0) is 19.3 Å². The first-order valence-corrected chi connectivity index (χ1v) is 9.07. The van der Waals surface area contributed by atoms with Crippen molar-refractivity contribution in [3.05, 3.63) is 62.7 Å². The van der Waals surface area contributed by atoms with Gasteiger partial charge >= 0.3 is 0 Å². The van der Waals surface area contributed by atoms with Crippen molar-refractivity contribution in [2.45, 2.75) is 59.8 Å². The van der Waals surface area contributed by atoms with Gasteiger partial charge in [-0.05, 0) is 37.3 Å². The number of rotatable bonds is 7. The van der Waals surface area contributed by atoms with Gasteiger partial charge in [-0.1, -0.05) is 45.4 Å². The Morgan fingerprint density at radius 3 is 2.32 bits per heavy atom. The Morgan fingerprint density at radius 2 is 1.76 bits per heavy atom. The van der Waals surface area contributed by atoms with Crippen molar-refractivity contribution in [3.8, 4) is 0 Å². The standard InChI is InChI=1S/C21H27NO3/c1-5-8-12-18-19(17(23)13-14(4)25-18)21(24)22-20-15(6-2)10-9-11-16(20)7-3/h9-11,13H,5-8,12H2,1-4H3,(H,22,24). The molecule has 4 nitrogen and oxygen atoms in total. The van der Waals surface area contributed by atoms with Crippen LogP contribution in [0, 0.1) is 6.92 Å². The van der Waals surface area contributed by atoms with Gasteiger partial charge < -0.3 is 9.73 Å². The highest BCUT2D eigenvalue weighted by molar-refractivity contribution is 6.05. The average molecular weight is 341 g/mol. The number of benzene rings is 1. The minimum atomic E-state index is -0.379. The predicted molar refractivity (Wildman–Crippen MR) is 101 cm³/mol. The zero-order chi connectivity index (χ0) is 18.4. The number of unbranched alkanes of at least 4 members (excludes halogenated alkanes) is 1. The van der Waals surface area contributed by atoms with E-state index in [0.717, 1.165) is 42.5 Å². The Bertz CT molecular complexity index is 783. The maximum atomic E-state index is 12.9. The van der Waals surface area contributed by atoms with Crippen LogP contribution in [0.5, 0.6) is 0 Å². The minimum absolute atomic E-state index is 0.131. The number of anilines is 1. The third kappa shape index (κ3) is 4.38. The third-order valence-electron chi connectivity index (χ3n) is 4.37. The molecule has 0 radical (unpaired) electrons. The second kappa shape index (κ2) is 8.65. The second-order valence-electron chi connectivity index (χ2n) is 6.24. The number of aryl methyl sites for hydroxylation is 4. The first kappa shape index (κ1) is 19.0. The van der Waals surface area contributed by atoms with Crippen LogP contribution in [0.2, 0.25) is 0 Å². The van der Waals surface area contributed by atoms with E-state index in [9.17, 15) is 9.59 Å². The fourth-order valence-electron chi connectivity index (χ4n) is 3.00. The Hall–Kier alpha value is -2.36. The molecular weight excluding hydrogens is 314 g/mol. The maximum absolute atomic E-state index is 12.9. The fourth-order valence-corrected chi connectivity index (χ4v) is 3.00. The summed E-state index contributed by atoms with van der Waals surface area (Å²) >= 11 is 0. The zero-order valence-corrected chi connectivity index (χ0v) is 15.6. The minimum Gasteiger partial charge on any atom is -0.465 e. The van der Waals surface area contributed by atoms with Gasteiger partial charge in [0.2, 0.25) is 0 Å². The molecule has 2 rings (SSSR count). The molecule has 25 heavy (non-hydrogen) atoms. The van der Waals surface area contributed by atoms with E-state index >= 15 is 0 Å². The number of carbonyl (C=O) groups is 1. The Balaban J connectivity index is 2.44. The Kier molecular flexibility index (Phi) is 6.57. The topological polar surface area (TPSA) is 59.3 Å². The molecule has 1 heterocycles. The highest BCUT2D eigenvalue weighted by Gasteiger charge is 2.20. The second-order valence-corrected chi connectivity index (χ2v) is 6.24. The van der Waals surface area contributed by atoms with Crippen molar-refractivity contribution in [2.24, 2.45) is 0 Å². The lowest BCUT2D eigenvalue weighted by molar-refractivity contribution is 0.102. The Morgan fingerprint density at radius 1 is 1.12 bits per heavy atom. The Labute approximate surface area is 149 Å². The molecule has 2 aromatic rings. The van der Waals surface area contributed by atoms with Crippen molar-refractivity contribution in [1.82, 2.24) is 0 Å². The summed E-state index contributed by atoms with van der Waals surface area (Å²) in [5, 5.41) is 2.98. The van der Waals surface area contributed by atoms with Crippen LogP contribution in [0.1, 0.15) is 66.6 Å². The number of carbonyl (C=O) groups excluding carboxylic acids is 1. The molecule has 0 unspecified atom stereocenters. The quantitative estimate of drug-likeness (QED) is 0.796. The molecular formula is C21H27NO3. The highest BCUT2D eigenvalue weighted by Crippen LogP contribution is 2.23. The lowest BCUT2D eigenvalue weighted by Gasteiger charge is -2.15. The van der Waals surface area contributed by atoms with E-state index in [1.54, 1.807) is 6.92 Å². The monoisotopic (exact) mass is 341 g/mol. The van der Waals surface area contributed by atoms with Crippen molar-refractivity contribution >= 4 is 11.6 Å². The van der Waals surface area contributed by atoms with Crippen LogP contribution in [0.25, 0.3) is 0 Å². The maximum Gasteiger partial charge on any atom is 0.263 e. The van der Waals surface area contributed by atoms with E-state index in [0.29, 0.717) is 17.9 Å². The molecule has 0 bridgehead atoms. The summed E-state index contributed by atoms with van der Waals surface area (Å²) in [5.74, 6) is 0.641. The van der Waals surface area contributed by atoms with Crippen LogP contribution in [0.4, 0.5) is 5.69 Å². The van der Waals surface area contributed by atoms with Gasteiger partial charge in [-0.3, -0.25) is 9.59 Å². The SMILES string of the molecule is CCCCc1oc(C)cc(=O)c1C(=O)Nc1c(CC)cccc1CC. The van der Waals surface area contributed by atoms with E-state index in [4.69, 9.17) is 4.42 Å². The third-order valence-corrected chi connectivity index (χ3v) is 4.37. The molecule has 0 fully saturated rings. The number of para-hydroxylation sites is 1. The van der Waals surface area contributed by atoms with Gasteiger partial charge in [-0.25, -0.2) is 0 Å². The van der Waals surface area contributed by atoms with Gasteiger partial charge in [-0.2, -0.15) is 0 Å². The molecule has 0 spiro atoms. The lowest BCUT2D eigenvalue weighted by Crippen LogP contribution is -2.24. The highest BCUT2D eigenvalue weighted by atomic mass is 16.3. The van der Waals surface area contributed by atoms with Crippen molar-refractivity contribution < 1.29 is 9.21 Å². The van der Waals surface area contributed by atoms with Gasteiger partial charge in [0.05, 0.1) is 0 Å². The zero-order valence-electron chi connectivity index (χ0n) is 15.6. The number of hydrogen-bond donors (Lipinski definition) is 1. The predicted octanol–water partition coefficient (Wildman–Crippen LogP) is 4.67. The fraction of sp³-hybridized carbons (Fsp3) is 0.429. The normalized spacial score (nSPS) is 10.7. The molecule has 1 aromatic carbocycles. The van der Waals surface area contributed by atoms with Gasteiger partial charge in [0, 0.05) is 18.2 Å². The first-order chi connectivity index (χ1) is 12.0. The summed E-state index contributed by atoms with van der Waals surface area (Å²) in [6, 6.07) is 7.39.